The zero-order valence-corrected chi connectivity index (χ0v) is 24.3. The van der Waals surface area contributed by atoms with Gasteiger partial charge in [0.1, 0.15) is 11.3 Å². The lowest BCUT2D eigenvalue weighted by atomic mass is 10.1. The van der Waals surface area contributed by atoms with Crippen LogP contribution in [0.15, 0.2) is 41.8 Å². The van der Waals surface area contributed by atoms with Gasteiger partial charge in [0.05, 0.1) is 41.4 Å². The van der Waals surface area contributed by atoms with Crippen LogP contribution in [0.4, 0.5) is 24.9 Å². The number of nitriles is 1. The largest absolute Gasteiger partial charge is 0.418 e. The number of benzene rings is 1. The van der Waals surface area contributed by atoms with Crippen LogP contribution in [0.2, 0.25) is 0 Å². The number of carbonyl (C=O) groups is 1. The third kappa shape index (κ3) is 5.25. The van der Waals surface area contributed by atoms with E-state index in [-0.39, 0.29) is 41.0 Å². The van der Waals surface area contributed by atoms with Crippen LogP contribution < -0.4 is 15.4 Å². The van der Waals surface area contributed by atoms with Crippen molar-refractivity contribution in [3.63, 3.8) is 0 Å². The second-order valence-corrected chi connectivity index (χ2v) is 11.4. The molecule has 230 valence electrons. The second kappa shape index (κ2) is 11.5. The van der Waals surface area contributed by atoms with Gasteiger partial charge < -0.3 is 14.7 Å². The summed E-state index contributed by atoms with van der Waals surface area (Å²) >= 11 is 0. The molecule has 11 nitrogen and oxygen atoms in total. The fraction of sp³-hybridized carbons (Fsp3) is 0.467. The SMILES string of the molecule is C=CC(=O)N1CCN(c2nc(N3CCN4CCCC4C3)nc3c(=O)n(-c4cccc(C)c4C(F)(F)F)ncc23)CC1CC#N. The molecular weight excluding hydrogens is 575 g/mol. The van der Waals surface area contributed by atoms with Gasteiger partial charge in [0, 0.05) is 45.3 Å². The summed E-state index contributed by atoms with van der Waals surface area (Å²) in [5.74, 6) is 0.427. The van der Waals surface area contributed by atoms with E-state index in [0.717, 1.165) is 30.6 Å². The van der Waals surface area contributed by atoms with E-state index in [2.05, 4.69) is 27.6 Å². The number of aromatic nitrogens is 4. The average molecular weight is 608 g/mol. The molecule has 3 fully saturated rings. The van der Waals surface area contributed by atoms with Gasteiger partial charge in [0.15, 0.2) is 0 Å². The number of rotatable bonds is 5. The highest BCUT2D eigenvalue weighted by Gasteiger charge is 2.37. The van der Waals surface area contributed by atoms with E-state index in [1.165, 1.54) is 37.4 Å². The van der Waals surface area contributed by atoms with Gasteiger partial charge in [-0.2, -0.15) is 33.2 Å². The maximum absolute atomic E-state index is 14.1. The van der Waals surface area contributed by atoms with Crippen LogP contribution in [-0.2, 0) is 11.0 Å². The van der Waals surface area contributed by atoms with Crippen LogP contribution >= 0.6 is 0 Å². The lowest BCUT2D eigenvalue weighted by Gasteiger charge is -2.41. The van der Waals surface area contributed by atoms with Gasteiger partial charge in [-0.25, -0.2) is 4.98 Å². The monoisotopic (exact) mass is 607 g/mol. The van der Waals surface area contributed by atoms with Crippen LogP contribution in [0.25, 0.3) is 16.6 Å². The highest BCUT2D eigenvalue weighted by Crippen LogP contribution is 2.36. The highest BCUT2D eigenvalue weighted by molar-refractivity contribution is 5.90. The number of alkyl halides is 3. The molecule has 3 aliphatic rings. The Morgan fingerprint density at radius 2 is 1.93 bits per heavy atom. The summed E-state index contributed by atoms with van der Waals surface area (Å²) in [5, 5.41) is 14.0. The smallest absolute Gasteiger partial charge is 0.352 e. The Labute approximate surface area is 251 Å². The maximum atomic E-state index is 14.1. The quantitative estimate of drug-likeness (QED) is 0.404. The molecule has 1 amide bonds. The Morgan fingerprint density at radius 1 is 1.14 bits per heavy atom. The molecule has 3 aromatic rings. The van der Waals surface area contributed by atoms with Crippen LogP contribution in [0, 0.1) is 18.3 Å². The summed E-state index contributed by atoms with van der Waals surface area (Å²) in [6.45, 7) is 8.96. The summed E-state index contributed by atoms with van der Waals surface area (Å²) in [4.78, 5) is 44.0. The number of anilines is 2. The zero-order chi connectivity index (χ0) is 31.2. The summed E-state index contributed by atoms with van der Waals surface area (Å²) in [7, 11) is 0. The Kier molecular flexibility index (Phi) is 7.75. The van der Waals surface area contributed by atoms with Crippen molar-refractivity contribution in [2.75, 3.05) is 55.6 Å². The number of hydrogen-bond acceptors (Lipinski definition) is 9. The van der Waals surface area contributed by atoms with Crippen molar-refractivity contribution >= 4 is 28.6 Å². The van der Waals surface area contributed by atoms with Gasteiger partial charge in [0.25, 0.3) is 5.56 Å². The summed E-state index contributed by atoms with van der Waals surface area (Å²) in [5.41, 5.74) is -2.20. The van der Waals surface area contributed by atoms with Crippen molar-refractivity contribution in [3.8, 4) is 11.8 Å². The van der Waals surface area contributed by atoms with Crippen molar-refractivity contribution in [2.24, 2.45) is 0 Å². The average Bonchev–Trinajstić information content (AvgIpc) is 3.48. The molecule has 2 unspecified atom stereocenters. The first-order chi connectivity index (χ1) is 21.1. The van der Waals surface area contributed by atoms with Crippen LogP contribution in [-0.4, -0.2) is 93.4 Å². The number of halogens is 3. The molecule has 2 atom stereocenters. The number of hydrogen-bond donors (Lipinski definition) is 0. The Bertz CT molecular complexity index is 1720. The fourth-order valence-corrected chi connectivity index (χ4v) is 6.66. The Balaban J connectivity index is 1.50. The number of fused-ring (bicyclic) bond motifs is 2. The molecule has 14 heteroatoms. The van der Waals surface area contributed by atoms with Crippen LogP contribution in [0.1, 0.15) is 30.4 Å². The molecule has 44 heavy (non-hydrogen) atoms. The number of amides is 1. The predicted molar refractivity (Wildman–Crippen MR) is 158 cm³/mol. The molecule has 0 aliphatic carbocycles. The van der Waals surface area contributed by atoms with Crippen LogP contribution in [0.5, 0.6) is 0 Å². The van der Waals surface area contributed by atoms with Crippen molar-refractivity contribution in [1.82, 2.24) is 29.5 Å². The Hall–Kier alpha value is -4.51. The lowest BCUT2D eigenvalue weighted by molar-refractivity contribution is -0.138. The van der Waals surface area contributed by atoms with Gasteiger partial charge in [0.2, 0.25) is 11.9 Å². The molecule has 5 heterocycles. The molecule has 0 spiro atoms. The molecule has 3 saturated heterocycles. The minimum atomic E-state index is -4.71. The minimum absolute atomic E-state index is 0.0298. The molecule has 0 bridgehead atoms. The van der Waals surface area contributed by atoms with Gasteiger partial charge in [-0.1, -0.05) is 18.7 Å². The van der Waals surface area contributed by atoms with Crippen molar-refractivity contribution in [1.29, 1.82) is 5.26 Å². The summed E-state index contributed by atoms with van der Waals surface area (Å²) < 4.78 is 43.2. The van der Waals surface area contributed by atoms with Gasteiger partial charge in [-0.3, -0.25) is 14.5 Å². The number of aryl methyl sites for hydroxylation is 1. The fourth-order valence-electron chi connectivity index (χ4n) is 6.66. The van der Waals surface area contributed by atoms with E-state index in [1.54, 1.807) is 4.90 Å². The normalized spacial score (nSPS) is 20.9. The first-order valence-electron chi connectivity index (χ1n) is 14.6. The molecule has 6 rings (SSSR count). The van der Waals surface area contributed by atoms with Gasteiger partial charge in [-0.15, -0.1) is 0 Å². The molecule has 0 saturated carbocycles. The standard InChI is InChI=1S/C30H32F3N9O2/c1-3-24(43)41-15-14-39(18-21(41)9-10-34)27-22-16-35-42(23-8-4-6-19(2)25(23)30(31,32)33)28(44)26(22)36-29(37-27)40-13-12-38-11-5-7-20(38)17-40/h3-4,6,8,16,20-21H,1,5,7,9,11-15,17-18H2,2H3. The molecule has 3 aliphatic heterocycles. The topological polar surface area (TPSA) is 114 Å². The second-order valence-electron chi connectivity index (χ2n) is 11.4. The number of piperazine rings is 2. The van der Waals surface area contributed by atoms with Crippen molar-refractivity contribution in [2.45, 2.75) is 44.4 Å². The minimum Gasteiger partial charge on any atom is -0.352 e. The number of carbonyl (C=O) groups excluding carboxylic acids is 1. The summed E-state index contributed by atoms with van der Waals surface area (Å²) in [6, 6.07) is 6.03. The van der Waals surface area contributed by atoms with E-state index in [9.17, 15) is 28.0 Å². The molecule has 0 radical (unpaired) electrons. The highest BCUT2D eigenvalue weighted by atomic mass is 19.4. The van der Waals surface area contributed by atoms with E-state index in [1.807, 2.05) is 9.80 Å². The van der Waals surface area contributed by atoms with Crippen LogP contribution in [0.3, 0.4) is 0 Å². The predicted octanol–water partition coefficient (Wildman–Crippen LogP) is 2.90. The lowest BCUT2D eigenvalue weighted by Crippen LogP contribution is -2.55. The zero-order valence-electron chi connectivity index (χ0n) is 24.3. The van der Waals surface area contributed by atoms with Gasteiger partial charge >= 0.3 is 6.18 Å². The van der Waals surface area contributed by atoms with E-state index >= 15 is 0 Å². The maximum Gasteiger partial charge on any atom is 0.418 e. The first kappa shape index (κ1) is 29.6. The first-order valence-corrected chi connectivity index (χ1v) is 14.6. The van der Waals surface area contributed by atoms with E-state index in [4.69, 9.17) is 4.98 Å². The third-order valence-electron chi connectivity index (χ3n) is 8.81. The summed E-state index contributed by atoms with van der Waals surface area (Å²) in [6.07, 6.45) is 0.0505. The third-order valence-corrected chi connectivity index (χ3v) is 8.81. The Morgan fingerprint density at radius 3 is 2.68 bits per heavy atom. The molecule has 1 aromatic carbocycles. The molecule has 2 aromatic heterocycles. The van der Waals surface area contributed by atoms with Crippen molar-refractivity contribution < 1.29 is 18.0 Å². The molecular formula is C30H32F3N9O2. The number of nitrogens with zero attached hydrogens (tertiary/aromatic N) is 9. The van der Waals surface area contributed by atoms with E-state index < -0.39 is 23.3 Å². The molecule has 0 N–H and O–H groups in total. The van der Waals surface area contributed by atoms with Crippen molar-refractivity contribution in [3.05, 3.63) is 58.5 Å². The van der Waals surface area contributed by atoms with E-state index in [0.29, 0.717) is 44.0 Å². The van der Waals surface area contributed by atoms with Gasteiger partial charge in [-0.05, 0) is 44.0 Å².